The Morgan fingerprint density at radius 3 is 2.53 bits per heavy atom. The van der Waals surface area contributed by atoms with Crippen LogP contribution in [0.25, 0.3) is 0 Å². The van der Waals surface area contributed by atoms with Crippen LogP contribution in [-0.4, -0.2) is 39.4 Å². The first-order valence-corrected chi connectivity index (χ1v) is 11.4. The first kappa shape index (κ1) is 20.2. The zero-order valence-corrected chi connectivity index (χ0v) is 17.5. The van der Waals surface area contributed by atoms with Crippen LogP contribution in [0.4, 0.5) is 0 Å². The Kier molecular flexibility index (Phi) is 5.63. The molecular weight excluding hydrogens is 402 g/mol. The Morgan fingerprint density at radius 1 is 1.10 bits per heavy atom. The van der Waals surface area contributed by atoms with Gasteiger partial charge in [-0.1, -0.05) is 30.3 Å². The van der Waals surface area contributed by atoms with Gasteiger partial charge in [0.2, 0.25) is 0 Å². The summed E-state index contributed by atoms with van der Waals surface area (Å²) in [6.07, 6.45) is 2.22. The normalized spacial score (nSPS) is 16.6. The zero-order chi connectivity index (χ0) is 21.1. The average molecular weight is 426 g/mol. The minimum Gasteiger partial charge on any atom is -0.497 e. The number of methoxy groups -OCH3 is 1. The number of hydrogen-bond donors (Lipinski definition) is 0. The molecule has 1 unspecified atom stereocenters. The van der Waals surface area contributed by atoms with Gasteiger partial charge in [-0.25, -0.2) is 8.42 Å². The molecule has 7 heteroatoms. The molecule has 1 aliphatic heterocycles. The number of benzene rings is 2. The Labute approximate surface area is 176 Å². The van der Waals surface area contributed by atoms with Gasteiger partial charge in [-0.05, 0) is 42.3 Å². The summed E-state index contributed by atoms with van der Waals surface area (Å²) >= 11 is 0. The van der Waals surface area contributed by atoms with Crippen LogP contribution in [0.15, 0.2) is 76.2 Å². The van der Waals surface area contributed by atoms with Gasteiger partial charge in [-0.3, -0.25) is 4.79 Å². The van der Waals surface area contributed by atoms with Crippen molar-refractivity contribution in [2.24, 2.45) is 0 Å². The number of hydrogen-bond acceptors (Lipinski definition) is 5. The molecule has 0 N–H and O–H groups in total. The van der Waals surface area contributed by atoms with Crippen LogP contribution in [0, 0.1) is 0 Å². The number of carbonyl (C=O) groups is 1. The summed E-state index contributed by atoms with van der Waals surface area (Å²) in [5.41, 5.74) is 1.54. The predicted octanol–water partition coefficient (Wildman–Crippen LogP) is 3.89. The molecule has 1 fully saturated rings. The first-order chi connectivity index (χ1) is 14.5. The van der Waals surface area contributed by atoms with Gasteiger partial charge in [-0.15, -0.1) is 0 Å². The molecule has 2 heterocycles. The van der Waals surface area contributed by atoms with Crippen LogP contribution >= 0.6 is 0 Å². The van der Waals surface area contributed by atoms with Gasteiger partial charge in [0.25, 0.3) is 5.91 Å². The van der Waals surface area contributed by atoms with Gasteiger partial charge in [0.15, 0.2) is 15.6 Å². The first-order valence-electron chi connectivity index (χ1n) is 9.75. The highest BCUT2D eigenvalue weighted by Crippen LogP contribution is 2.30. The second-order valence-electron chi connectivity index (χ2n) is 7.36. The maximum Gasteiger partial charge on any atom is 0.289 e. The standard InChI is InChI=1S/C23H23NO5S/c1-28-20-9-7-17(8-10-20)18-11-13-24(15-18)23(25)22-19(12-14-29-22)16-30(26,27)21-5-3-2-4-6-21/h2-10,12,14,18H,11,13,15-16H2,1H3. The summed E-state index contributed by atoms with van der Waals surface area (Å²) in [4.78, 5) is 15.0. The lowest BCUT2D eigenvalue weighted by Gasteiger charge is -2.16. The number of rotatable bonds is 6. The van der Waals surface area contributed by atoms with E-state index in [9.17, 15) is 13.2 Å². The molecule has 0 radical (unpaired) electrons. The van der Waals surface area contributed by atoms with Gasteiger partial charge < -0.3 is 14.1 Å². The maximum atomic E-state index is 13.0. The highest BCUT2D eigenvalue weighted by Gasteiger charge is 2.31. The number of furan rings is 1. The van der Waals surface area contributed by atoms with Crippen LogP contribution in [0.2, 0.25) is 0 Å². The van der Waals surface area contributed by atoms with Crippen molar-refractivity contribution in [1.82, 2.24) is 4.90 Å². The molecule has 30 heavy (non-hydrogen) atoms. The molecule has 1 aromatic heterocycles. The smallest absolute Gasteiger partial charge is 0.289 e. The zero-order valence-electron chi connectivity index (χ0n) is 16.7. The fourth-order valence-corrected chi connectivity index (χ4v) is 5.16. The summed E-state index contributed by atoms with van der Waals surface area (Å²) in [6, 6.07) is 17.6. The number of ether oxygens (including phenoxy) is 1. The second kappa shape index (κ2) is 8.36. The summed E-state index contributed by atoms with van der Waals surface area (Å²) < 4.78 is 36.0. The lowest BCUT2D eigenvalue weighted by Crippen LogP contribution is -2.29. The molecule has 3 aromatic rings. The van der Waals surface area contributed by atoms with Gasteiger partial charge >= 0.3 is 0 Å². The summed E-state index contributed by atoms with van der Waals surface area (Å²) in [5.74, 6) is 0.583. The van der Waals surface area contributed by atoms with Crippen molar-refractivity contribution in [3.8, 4) is 5.75 Å². The molecule has 0 bridgehead atoms. The van der Waals surface area contributed by atoms with Gasteiger partial charge in [-0.2, -0.15) is 0 Å². The number of nitrogens with zero attached hydrogens (tertiary/aromatic N) is 1. The Morgan fingerprint density at radius 2 is 1.83 bits per heavy atom. The fraction of sp³-hybridized carbons (Fsp3) is 0.261. The molecule has 1 amide bonds. The van der Waals surface area contributed by atoms with Gasteiger partial charge in [0.1, 0.15) is 5.75 Å². The third-order valence-electron chi connectivity index (χ3n) is 5.45. The number of sulfone groups is 1. The number of carbonyl (C=O) groups excluding carboxylic acids is 1. The molecule has 2 aromatic carbocycles. The van der Waals surface area contributed by atoms with E-state index in [0.717, 1.165) is 17.7 Å². The predicted molar refractivity (Wildman–Crippen MR) is 112 cm³/mol. The van der Waals surface area contributed by atoms with Crippen molar-refractivity contribution in [3.63, 3.8) is 0 Å². The Balaban J connectivity index is 1.48. The molecule has 0 aliphatic carbocycles. The molecule has 0 saturated carbocycles. The average Bonchev–Trinajstić information content (AvgIpc) is 3.44. The molecule has 1 atom stereocenters. The van der Waals surface area contributed by atoms with E-state index < -0.39 is 9.84 Å². The summed E-state index contributed by atoms with van der Waals surface area (Å²) in [5, 5.41) is 0. The van der Waals surface area contributed by atoms with Crippen LogP contribution in [0.1, 0.15) is 34.0 Å². The third-order valence-corrected chi connectivity index (χ3v) is 7.13. The largest absolute Gasteiger partial charge is 0.497 e. The Hall–Kier alpha value is -3.06. The summed E-state index contributed by atoms with van der Waals surface area (Å²) in [7, 11) is -1.94. The number of likely N-dealkylation sites (tertiary alicyclic amines) is 1. The minimum atomic E-state index is -3.57. The van der Waals surface area contributed by atoms with E-state index in [4.69, 9.17) is 9.15 Å². The number of amides is 1. The van der Waals surface area contributed by atoms with E-state index in [2.05, 4.69) is 0 Å². The molecule has 1 aliphatic rings. The lowest BCUT2D eigenvalue weighted by molar-refractivity contribution is 0.0758. The highest BCUT2D eigenvalue weighted by atomic mass is 32.2. The SMILES string of the molecule is COc1ccc(C2CCN(C(=O)c3occc3CS(=O)(=O)c3ccccc3)C2)cc1. The van der Waals surface area contributed by atoms with Crippen molar-refractivity contribution < 1.29 is 22.4 Å². The van der Waals surface area contributed by atoms with Crippen molar-refractivity contribution in [1.29, 1.82) is 0 Å². The van der Waals surface area contributed by atoms with E-state index in [1.54, 1.807) is 48.4 Å². The summed E-state index contributed by atoms with van der Waals surface area (Å²) in [6.45, 7) is 1.16. The van der Waals surface area contributed by atoms with Crippen molar-refractivity contribution in [2.75, 3.05) is 20.2 Å². The molecule has 156 valence electrons. The van der Waals surface area contributed by atoms with Crippen LogP contribution < -0.4 is 4.74 Å². The fourth-order valence-electron chi connectivity index (χ4n) is 3.79. The van der Waals surface area contributed by atoms with Crippen molar-refractivity contribution in [2.45, 2.75) is 23.0 Å². The van der Waals surface area contributed by atoms with Gasteiger partial charge in [0, 0.05) is 24.6 Å². The Bertz CT molecular complexity index is 1120. The van der Waals surface area contributed by atoms with Crippen molar-refractivity contribution >= 4 is 15.7 Å². The van der Waals surface area contributed by atoms with E-state index >= 15 is 0 Å². The monoisotopic (exact) mass is 425 g/mol. The molecular formula is C23H23NO5S. The van der Waals surface area contributed by atoms with E-state index in [1.807, 2.05) is 24.3 Å². The lowest BCUT2D eigenvalue weighted by atomic mass is 9.98. The van der Waals surface area contributed by atoms with Crippen molar-refractivity contribution in [3.05, 3.63) is 83.8 Å². The minimum absolute atomic E-state index is 0.102. The van der Waals surface area contributed by atoms with E-state index in [1.165, 1.54) is 6.26 Å². The third kappa shape index (κ3) is 4.11. The van der Waals surface area contributed by atoms with Gasteiger partial charge in [0.05, 0.1) is 24.0 Å². The highest BCUT2D eigenvalue weighted by molar-refractivity contribution is 7.90. The van der Waals surface area contributed by atoms with E-state index in [-0.39, 0.29) is 28.2 Å². The quantitative estimate of drug-likeness (QED) is 0.599. The molecule has 0 spiro atoms. The van der Waals surface area contributed by atoms with Crippen LogP contribution in [0.3, 0.4) is 0 Å². The molecule has 6 nitrogen and oxygen atoms in total. The van der Waals surface area contributed by atoms with Crippen LogP contribution in [-0.2, 0) is 15.6 Å². The van der Waals surface area contributed by atoms with E-state index in [0.29, 0.717) is 18.7 Å². The topological polar surface area (TPSA) is 76.8 Å². The maximum absolute atomic E-state index is 13.0. The molecule has 4 rings (SSSR count). The molecule has 1 saturated heterocycles. The second-order valence-corrected chi connectivity index (χ2v) is 9.35. The van der Waals surface area contributed by atoms with Crippen LogP contribution in [0.5, 0.6) is 5.75 Å².